The number of rotatable bonds is 7. The molecule has 1 amide bonds. The smallest absolute Gasteiger partial charge is 0.261 e. The van der Waals surface area contributed by atoms with E-state index < -0.39 is 10.0 Å². The van der Waals surface area contributed by atoms with E-state index in [1.54, 1.807) is 31.2 Å². The van der Waals surface area contributed by atoms with E-state index in [-0.39, 0.29) is 23.5 Å². The molecular formula is C21H26N2O4S. The largest absolute Gasteiger partial charge is 0.484 e. The van der Waals surface area contributed by atoms with Crippen molar-refractivity contribution in [2.75, 3.05) is 11.3 Å². The van der Waals surface area contributed by atoms with E-state index in [1.807, 2.05) is 19.1 Å². The van der Waals surface area contributed by atoms with Gasteiger partial charge in [-0.05, 0) is 62.6 Å². The molecule has 1 aliphatic rings. The minimum Gasteiger partial charge on any atom is -0.484 e. The van der Waals surface area contributed by atoms with Gasteiger partial charge in [0.25, 0.3) is 15.9 Å². The molecule has 1 saturated carbocycles. The van der Waals surface area contributed by atoms with Crippen molar-refractivity contribution in [1.82, 2.24) is 5.32 Å². The Morgan fingerprint density at radius 2 is 1.75 bits per heavy atom. The summed E-state index contributed by atoms with van der Waals surface area (Å²) in [6.45, 7) is 3.62. The van der Waals surface area contributed by atoms with Gasteiger partial charge in [-0.25, -0.2) is 8.42 Å². The van der Waals surface area contributed by atoms with Crippen LogP contribution in [0.2, 0.25) is 0 Å². The third-order valence-corrected chi connectivity index (χ3v) is 6.22. The molecule has 150 valence electrons. The first-order valence-electron chi connectivity index (χ1n) is 9.46. The highest BCUT2D eigenvalue weighted by Crippen LogP contribution is 2.24. The van der Waals surface area contributed by atoms with Crippen LogP contribution in [0, 0.1) is 13.8 Å². The second kappa shape index (κ2) is 8.65. The molecule has 2 N–H and O–H groups in total. The number of benzene rings is 2. The number of amides is 1. The third kappa shape index (κ3) is 5.25. The molecule has 2 aromatic rings. The predicted molar refractivity (Wildman–Crippen MR) is 109 cm³/mol. The average Bonchev–Trinajstić information content (AvgIpc) is 3.15. The van der Waals surface area contributed by atoms with Crippen LogP contribution in [0.15, 0.2) is 47.4 Å². The monoisotopic (exact) mass is 402 g/mol. The number of sulfonamides is 1. The Morgan fingerprint density at radius 3 is 2.39 bits per heavy atom. The lowest BCUT2D eigenvalue weighted by Gasteiger charge is -2.14. The Morgan fingerprint density at radius 1 is 1.07 bits per heavy atom. The van der Waals surface area contributed by atoms with E-state index in [0.717, 1.165) is 31.2 Å². The Labute approximate surface area is 166 Å². The maximum absolute atomic E-state index is 12.6. The van der Waals surface area contributed by atoms with Crippen LogP contribution < -0.4 is 14.8 Å². The maximum Gasteiger partial charge on any atom is 0.261 e. The molecule has 1 fully saturated rings. The minimum absolute atomic E-state index is 0.0783. The van der Waals surface area contributed by atoms with Crippen LogP contribution in [0.1, 0.15) is 36.8 Å². The molecule has 3 rings (SSSR count). The lowest BCUT2D eigenvalue weighted by Crippen LogP contribution is -2.36. The first-order valence-corrected chi connectivity index (χ1v) is 10.9. The molecule has 0 unspecified atom stereocenters. The van der Waals surface area contributed by atoms with Gasteiger partial charge in [0.1, 0.15) is 5.75 Å². The van der Waals surface area contributed by atoms with Crippen molar-refractivity contribution < 1.29 is 17.9 Å². The normalized spacial score (nSPS) is 14.6. The molecule has 28 heavy (non-hydrogen) atoms. The fourth-order valence-corrected chi connectivity index (χ4v) is 4.41. The van der Waals surface area contributed by atoms with Crippen molar-refractivity contribution in [3.63, 3.8) is 0 Å². The lowest BCUT2D eigenvalue weighted by molar-refractivity contribution is -0.123. The van der Waals surface area contributed by atoms with E-state index in [1.165, 1.54) is 6.07 Å². The van der Waals surface area contributed by atoms with E-state index in [0.29, 0.717) is 17.0 Å². The van der Waals surface area contributed by atoms with Crippen molar-refractivity contribution in [2.24, 2.45) is 0 Å². The Balaban J connectivity index is 1.62. The van der Waals surface area contributed by atoms with Gasteiger partial charge in [-0.3, -0.25) is 9.52 Å². The zero-order chi connectivity index (χ0) is 20.1. The summed E-state index contributed by atoms with van der Waals surface area (Å²) in [6.07, 6.45) is 4.34. The van der Waals surface area contributed by atoms with E-state index >= 15 is 0 Å². The zero-order valence-electron chi connectivity index (χ0n) is 16.2. The van der Waals surface area contributed by atoms with E-state index in [2.05, 4.69) is 10.0 Å². The van der Waals surface area contributed by atoms with Gasteiger partial charge in [-0.15, -0.1) is 0 Å². The van der Waals surface area contributed by atoms with Crippen molar-refractivity contribution in [2.45, 2.75) is 50.5 Å². The van der Waals surface area contributed by atoms with Crippen molar-refractivity contribution in [1.29, 1.82) is 0 Å². The van der Waals surface area contributed by atoms with Crippen LogP contribution in [-0.2, 0) is 14.8 Å². The lowest BCUT2D eigenvalue weighted by atomic mass is 10.2. The summed E-state index contributed by atoms with van der Waals surface area (Å²) in [5, 5.41) is 2.97. The first-order chi connectivity index (χ1) is 13.3. The molecule has 2 aromatic carbocycles. The third-order valence-electron chi connectivity index (χ3n) is 4.84. The SMILES string of the molecule is Cc1ccc(NS(=O)(=O)c2ccc(OCC(=O)NC3CCCC3)c(C)c2)cc1. The molecule has 0 bridgehead atoms. The van der Waals surface area contributed by atoms with Crippen LogP contribution >= 0.6 is 0 Å². The number of ether oxygens (including phenoxy) is 1. The number of hydrogen-bond acceptors (Lipinski definition) is 4. The predicted octanol–water partition coefficient (Wildman–Crippen LogP) is 3.54. The second-order valence-electron chi connectivity index (χ2n) is 7.24. The maximum atomic E-state index is 12.6. The number of anilines is 1. The number of nitrogens with one attached hydrogen (secondary N) is 2. The van der Waals surface area contributed by atoms with Gasteiger partial charge in [0.05, 0.1) is 4.90 Å². The first kappa shape index (κ1) is 20.2. The molecule has 1 aliphatic carbocycles. The Bertz CT molecular complexity index is 933. The summed E-state index contributed by atoms with van der Waals surface area (Å²) in [7, 11) is -3.70. The van der Waals surface area contributed by atoms with Gasteiger partial charge in [-0.2, -0.15) is 0 Å². The number of carbonyl (C=O) groups excluding carboxylic acids is 1. The minimum atomic E-state index is -3.70. The van der Waals surface area contributed by atoms with E-state index in [9.17, 15) is 13.2 Å². The quantitative estimate of drug-likeness (QED) is 0.742. The Hall–Kier alpha value is -2.54. The fourth-order valence-electron chi connectivity index (χ4n) is 3.27. The number of aryl methyl sites for hydroxylation is 2. The van der Waals surface area contributed by atoms with Crippen LogP contribution in [0.3, 0.4) is 0 Å². The van der Waals surface area contributed by atoms with Gasteiger partial charge in [0, 0.05) is 11.7 Å². The average molecular weight is 403 g/mol. The van der Waals surface area contributed by atoms with Crippen molar-refractivity contribution in [3.8, 4) is 5.75 Å². The van der Waals surface area contributed by atoms with Crippen LogP contribution in [-0.4, -0.2) is 27.0 Å². The molecule has 6 nitrogen and oxygen atoms in total. The van der Waals surface area contributed by atoms with Gasteiger partial charge >= 0.3 is 0 Å². The molecule has 7 heteroatoms. The standard InChI is InChI=1S/C21H26N2O4S/c1-15-7-9-18(10-8-15)23-28(25,26)19-11-12-20(16(2)13-19)27-14-21(24)22-17-5-3-4-6-17/h7-13,17,23H,3-6,14H2,1-2H3,(H,22,24). The molecule has 0 heterocycles. The summed E-state index contributed by atoms with van der Waals surface area (Å²) in [5.74, 6) is 0.347. The van der Waals surface area contributed by atoms with E-state index in [4.69, 9.17) is 4.74 Å². The molecule has 0 radical (unpaired) electrons. The fraction of sp³-hybridized carbons (Fsp3) is 0.381. The second-order valence-corrected chi connectivity index (χ2v) is 8.92. The topological polar surface area (TPSA) is 84.5 Å². The molecular weight excluding hydrogens is 376 g/mol. The van der Waals surface area contributed by atoms with Crippen LogP contribution in [0.25, 0.3) is 0 Å². The van der Waals surface area contributed by atoms with Gasteiger partial charge in [-0.1, -0.05) is 30.5 Å². The number of hydrogen-bond donors (Lipinski definition) is 2. The van der Waals surface area contributed by atoms with Crippen molar-refractivity contribution >= 4 is 21.6 Å². The highest BCUT2D eigenvalue weighted by atomic mass is 32.2. The van der Waals surface area contributed by atoms with Gasteiger partial charge in [0.15, 0.2) is 6.61 Å². The molecule has 0 atom stereocenters. The molecule has 0 saturated heterocycles. The molecule has 0 aliphatic heterocycles. The summed E-state index contributed by atoms with van der Waals surface area (Å²) in [6, 6.07) is 12.0. The highest BCUT2D eigenvalue weighted by Gasteiger charge is 2.18. The van der Waals surface area contributed by atoms with Crippen LogP contribution in [0.5, 0.6) is 5.75 Å². The summed E-state index contributed by atoms with van der Waals surface area (Å²) < 4.78 is 33.3. The number of carbonyl (C=O) groups is 1. The van der Waals surface area contributed by atoms with Crippen molar-refractivity contribution in [3.05, 3.63) is 53.6 Å². The highest BCUT2D eigenvalue weighted by molar-refractivity contribution is 7.92. The van der Waals surface area contributed by atoms with Gasteiger partial charge in [0.2, 0.25) is 0 Å². The summed E-state index contributed by atoms with van der Waals surface area (Å²) >= 11 is 0. The summed E-state index contributed by atoms with van der Waals surface area (Å²) in [5.41, 5.74) is 2.21. The molecule has 0 aromatic heterocycles. The Kier molecular flexibility index (Phi) is 6.24. The summed E-state index contributed by atoms with van der Waals surface area (Å²) in [4.78, 5) is 12.1. The van der Waals surface area contributed by atoms with Crippen LogP contribution in [0.4, 0.5) is 5.69 Å². The molecule has 0 spiro atoms. The van der Waals surface area contributed by atoms with Gasteiger partial charge < -0.3 is 10.1 Å². The zero-order valence-corrected chi connectivity index (χ0v) is 17.0.